The van der Waals surface area contributed by atoms with Crippen LogP contribution >= 0.6 is 11.6 Å². The molecule has 0 spiro atoms. The van der Waals surface area contributed by atoms with Gasteiger partial charge in [-0.3, -0.25) is 0 Å². The molecule has 2 atom stereocenters. The van der Waals surface area contributed by atoms with Crippen LogP contribution in [0.4, 0.5) is 0 Å². The first kappa shape index (κ1) is 25.6. The van der Waals surface area contributed by atoms with Crippen LogP contribution in [0.1, 0.15) is 37.3 Å². The third kappa shape index (κ3) is 7.79. The normalized spacial score (nSPS) is 18.0. The third-order valence-corrected chi connectivity index (χ3v) is 5.85. The van der Waals surface area contributed by atoms with Gasteiger partial charge in [0, 0.05) is 29.8 Å². The summed E-state index contributed by atoms with van der Waals surface area (Å²) in [6, 6.07) is 19.1. The van der Waals surface area contributed by atoms with Crippen molar-refractivity contribution < 1.29 is 24.5 Å². The number of aliphatic carboxylic acids is 2. The van der Waals surface area contributed by atoms with E-state index in [1.807, 2.05) is 18.2 Å². The quantitative estimate of drug-likeness (QED) is 0.550. The number of nitrogens with zero attached hydrogens (tertiary/aromatic N) is 1. The Hall–Kier alpha value is -2.67. The predicted molar refractivity (Wildman–Crippen MR) is 125 cm³/mol. The van der Waals surface area contributed by atoms with Gasteiger partial charge < -0.3 is 19.8 Å². The summed E-state index contributed by atoms with van der Waals surface area (Å²) in [5, 5.41) is 16.4. The molecule has 2 aromatic carbocycles. The van der Waals surface area contributed by atoms with Gasteiger partial charge in [0.1, 0.15) is 5.60 Å². The molecule has 0 unspecified atom stereocenters. The molecule has 172 valence electrons. The molecule has 3 rings (SSSR count). The molecule has 7 heteroatoms. The molecule has 6 nitrogen and oxygen atoms in total. The lowest BCUT2D eigenvalue weighted by molar-refractivity contribution is -0.134. The molecule has 2 N–H and O–H groups in total. The molecule has 0 bridgehead atoms. The van der Waals surface area contributed by atoms with E-state index in [0.29, 0.717) is 18.2 Å². The Morgan fingerprint density at radius 2 is 1.62 bits per heavy atom. The molecular weight excluding hydrogens is 430 g/mol. The van der Waals surface area contributed by atoms with Crippen LogP contribution in [-0.4, -0.2) is 53.3 Å². The van der Waals surface area contributed by atoms with Crippen LogP contribution in [0.25, 0.3) is 0 Å². The molecule has 1 aliphatic heterocycles. The first-order chi connectivity index (χ1) is 15.2. The lowest BCUT2D eigenvalue weighted by Gasteiger charge is -2.32. The summed E-state index contributed by atoms with van der Waals surface area (Å²) in [7, 11) is 2.22. The van der Waals surface area contributed by atoms with Crippen LogP contribution in [0.15, 0.2) is 66.7 Å². The Balaban J connectivity index is 0.000000390. The second-order valence-corrected chi connectivity index (χ2v) is 8.27. The van der Waals surface area contributed by atoms with Gasteiger partial charge in [-0.05, 0) is 63.0 Å². The molecule has 1 aliphatic rings. The van der Waals surface area contributed by atoms with Gasteiger partial charge in [0.15, 0.2) is 0 Å². The summed E-state index contributed by atoms with van der Waals surface area (Å²) < 4.78 is 6.48. The van der Waals surface area contributed by atoms with E-state index in [9.17, 15) is 9.59 Å². The lowest BCUT2D eigenvalue weighted by Crippen LogP contribution is -2.31. The Bertz CT molecular complexity index is 884. The van der Waals surface area contributed by atoms with Crippen molar-refractivity contribution in [3.63, 3.8) is 0 Å². The molecule has 0 aromatic heterocycles. The minimum absolute atomic E-state index is 0.455. The average molecular weight is 460 g/mol. The minimum atomic E-state index is -1.26. The summed E-state index contributed by atoms with van der Waals surface area (Å²) in [5.74, 6) is -2.51. The molecule has 1 saturated heterocycles. The molecule has 0 aliphatic carbocycles. The first-order valence-electron chi connectivity index (χ1n) is 10.5. The van der Waals surface area contributed by atoms with Crippen molar-refractivity contribution in [2.75, 3.05) is 20.2 Å². The minimum Gasteiger partial charge on any atom is -0.478 e. The third-order valence-electron chi connectivity index (χ3n) is 5.60. The van der Waals surface area contributed by atoms with Gasteiger partial charge in [0.25, 0.3) is 0 Å². The number of carboxylic acids is 2. The van der Waals surface area contributed by atoms with E-state index >= 15 is 0 Å². The smallest absolute Gasteiger partial charge is 0.328 e. The van der Waals surface area contributed by atoms with Crippen LogP contribution < -0.4 is 0 Å². The summed E-state index contributed by atoms with van der Waals surface area (Å²) in [6.45, 7) is 4.12. The number of carbonyl (C=O) groups is 2. The fourth-order valence-electron chi connectivity index (χ4n) is 3.74. The van der Waals surface area contributed by atoms with Crippen molar-refractivity contribution in [3.05, 3.63) is 82.9 Å². The van der Waals surface area contributed by atoms with Crippen molar-refractivity contribution >= 4 is 23.5 Å². The number of rotatable bonds is 8. The van der Waals surface area contributed by atoms with Gasteiger partial charge in [-0.1, -0.05) is 54.1 Å². The van der Waals surface area contributed by atoms with Crippen molar-refractivity contribution in [3.8, 4) is 0 Å². The molecule has 0 amide bonds. The fraction of sp³-hybridized carbons (Fsp3) is 0.360. The average Bonchev–Trinajstić information content (AvgIpc) is 3.18. The zero-order valence-electron chi connectivity index (χ0n) is 18.4. The Kier molecular flexibility index (Phi) is 9.91. The van der Waals surface area contributed by atoms with E-state index in [0.717, 1.165) is 23.6 Å². The van der Waals surface area contributed by atoms with Crippen LogP contribution in [0.2, 0.25) is 5.02 Å². The summed E-state index contributed by atoms with van der Waals surface area (Å²) >= 11 is 6.07. The van der Waals surface area contributed by atoms with Gasteiger partial charge in [0.05, 0.1) is 0 Å². The Morgan fingerprint density at radius 3 is 2.12 bits per heavy atom. The maximum absolute atomic E-state index is 9.55. The molecule has 0 radical (unpaired) electrons. The first-order valence-corrected chi connectivity index (χ1v) is 10.9. The highest BCUT2D eigenvalue weighted by molar-refractivity contribution is 6.30. The maximum atomic E-state index is 9.55. The van der Waals surface area contributed by atoms with E-state index in [1.54, 1.807) is 0 Å². The highest BCUT2D eigenvalue weighted by Crippen LogP contribution is 2.34. The van der Waals surface area contributed by atoms with Gasteiger partial charge in [-0.25, -0.2) is 9.59 Å². The van der Waals surface area contributed by atoms with Crippen molar-refractivity contribution in [2.45, 2.75) is 37.8 Å². The zero-order valence-corrected chi connectivity index (χ0v) is 19.2. The van der Waals surface area contributed by atoms with Gasteiger partial charge >= 0.3 is 11.9 Å². The molecule has 1 fully saturated rings. The number of benzene rings is 2. The zero-order chi connectivity index (χ0) is 23.6. The second kappa shape index (κ2) is 12.4. The van der Waals surface area contributed by atoms with E-state index in [2.05, 4.69) is 55.3 Å². The summed E-state index contributed by atoms with van der Waals surface area (Å²) in [6.07, 6.45) is 4.77. The topological polar surface area (TPSA) is 87.1 Å². The van der Waals surface area contributed by atoms with E-state index < -0.39 is 17.5 Å². The van der Waals surface area contributed by atoms with Gasteiger partial charge in [-0.15, -0.1) is 0 Å². The summed E-state index contributed by atoms with van der Waals surface area (Å²) in [4.78, 5) is 21.6. The lowest BCUT2D eigenvalue weighted by atomic mass is 9.88. The second-order valence-electron chi connectivity index (χ2n) is 7.83. The van der Waals surface area contributed by atoms with Gasteiger partial charge in [0.2, 0.25) is 0 Å². The van der Waals surface area contributed by atoms with Gasteiger partial charge in [-0.2, -0.15) is 0 Å². The number of likely N-dealkylation sites (tertiary alicyclic amines) is 1. The largest absolute Gasteiger partial charge is 0.478 e. The van der Waals surface area contributed by atoms with Crippen LogP contribution in [0.5, 0.6) is 0 Å². The molecule has 32 heavy (non-hydrogen) atoms. The Labute approximate surface area is 194 Å². The van der Waals surface area contributed by atoms with Crippen molar-refractivity contribution in [1.82, 2.24) is 4.90 Å². The SMILES string of the molecule is CN1CCC[C@@H]1CCO[C@](C)(c1ccccc1)c1ccc(Cl)cc1.O=C(O)/C=C\C(=O)O. The molecule has 2 aromatic rings. The van der Waals surface area contributed by atoms with E-state index in [4.69, 9.17) is 26.6 Å². The number of hydrogen-bond donors (Lipinski definition) is 2. The molecule has 0 saturated carbocycles. The monoisotopic (exact) mass is 459 g/mol. The van der Waals surface area contributed by atoms with Crippen molar-refractivity contribution in [1.29, 1.82) is 0 Å². The molecular formula is C25H30ClNO5. The highest BCUT2D eigenvalue weighted by atomic mass is 35.5. The number of hydrogen-bond acceptors (Lipinski definition) is 4. The Morgan fingerprint density at radius 1 is 1.06 bits per heavy atom. The van der Waals surface area contributed by atoms with E-state index in [-0.39, 0.29) is 0 Å². The van der Waals surface area contributed by atoms with E-state index in [1.165, 1.54) is 24.9 Å². The van der Waals surface area contributed by atoms with Crippen LogP contribution in [0, 0.1) is 0 Å². The standard InChI is InChI=1S/C21H26ClNO.C4H4O4/c1-21(17-7-4-3-5-8-17,18-10-12-19(22)13-11-18)24-16-14-20-9-6-15-23(20)2;5-3(6)1-2-4(7)8/h3-5,7-8,10-13,20H,6,9,14-16H2,1-2H3;1-2H,(H,5,6)(H,7,8)/b;2-1-/t20-,21-;/m1./s1. The number of ether oxygens (including phenoxy) is 1. The number of carboxylic acid groups (broad SMARTS) is 2. The fourth-order valence-corrected chi connectivity index (χ4v) is 3.87. The van der Waals surface area contributed by atoms with Crippen molar-refractivity contribution in [2.24, 2.45) is 0 Å². The maximum Gasteiger partial charge on any atom is 0.328 e. The number of halogens is 1. The predicted octanol–water partition coefficient (Wildman–Crippen LogP) is 4.82. The van der Waals surface area contributed by atoms with Crippen LogP contribution in [0.3, 0.4) is 0 Å². The van der Waals surface area contributed by atoms with Crippen LogP contribution in [-0.2, 0) is 19.9 Å². The highest BCUT2D eigenvalue weighted by Gasteiger charge is 2.30. The molecule has 1 heterocycles. The summed E-state index contributed by atoms with van der Waals surface area (Å²) in [5.41, 5.74) is 1.85.